The summed E-state index contributed by atoms with van der Waals surface area (Å²) >= 11 is 1.56. The van der Waals surface area contributed by atoms with Crippen LogP contribution in [0.5, 0.6) is 0 Å². The molecule has 0 aromatic carbocycles. The van der Waals surface area contributed by atoms with Gasteiger partial charge in [-0.05, 0) is 36.6 Å². The molecule has 3 heterocycles. The number of hydrogen-bond acceptors (Lipinski definition) is 4. The molecule has 0 bridgehead atoms. The van der Waals surface area contributed by atoms with Crippen molar-refractivity contribution in [2.24, 2.45) is 5.92 Å². The minimum atomic E-state index is -0.465. The lowest BCUT2D eigenvalue weighted by atomic mass is 9.92. The molecule has 1 saturated carbocycles. The second kappa shape index (κ2) is 7.26. The number of thiophene rings is 1. The SMILES string of the molecule is CC(=O)N1CC(=O)N(c2ccsc2)C[C@@]12CCN(C(=O)CC1CCCC1)C2. The summed E-state index contributed by atoms with van der Waals surface area (Å²) in [4.78, 5) is 43.2. The number of likely N-dealkylation sites (tertiary alicyclic amines) is 1. The molecule has 27 heavy (non-hydrogen) atoms. The molecule has 1 spiro atoms. The van der Waals surface area contributed by atoms with Gasteiger partial charge in [-0.2, -0.15) is 11.3 Å². The van der Waals surface area contributed by atoms with Crippen LogP contribution in [-0.2, 0) is 14.4 Å². The maximum Gasteiger partial charge on any atom is 0.246 e. The van der Waals surface area contributed by atoms with Gasteiger partial charge in [0.1, 0.15) is 6.54 Å². The molecule has 1 aromatic rings. The first-order chi connectivity index (χ1) is 13.0. The first-order valence-corrected chi connectivity index (χ1v) is 10.8. The molecule has 4 rings (SSSR count). The summed E-state index contributed by atoms with van der Waals surface area (Å²) in [6.45, 7) is 3.29. The molecule has 0 unspecified atom stereocenters. The van der Waals surface area contributed by atoms with Crippen LogP contribution >= 0.6 is 11.3 Å². The first kappa shape index (κ1) is 18.5. The third-order valence-corrected chi connectivity index (χ3v) is 7.11. The predicted octanol–water partition coefficient (Wildman–Crippen LogP) is 2.49. The van der Waals surface area contributed by atoms with Gasteiger partial charge in [-0.1, -0.05) is 12.8 Å². The average Bonchev–Trinajstić information content (AvgIpc) is 3.38. The van der Waals surface area contributed by atoms with Crippen LogP contribution in [0, 0.1) is 5.92 Å². The molecule has 3 fully saturated rings. The molecule has 146 valence electrons. The van der Waals surface area contributed by atoms with Crippen molar-refractivity contribution in [1.82, 2.24) is 9.80 Å². The van der Waals surface area contributed by atoms with E-state index >= 15 is 0 Å². The molecule has 6 nitrogen and oxygen atoms in total. The lowest BCUT2D eigenvalue weighted by Crippen LogP contribution is -2.67. The summed E-state index contributed by atoms with van der Waals surface area (Å²) in [7, 11) is 0. The van der Waals surface area contributed by atoms with E-state index in [1.807, 2.05) is 21.7 Å². The fourth-order valence-electron chi connectivity index (χ4n) is 4.96. The zero-order chi connectivity index (χ0) is 19.0. The monoisotopic (exact) mass is 389 g/mol. The molecule has 1 atom stereocenters. The number of carbonyl (C=O) groups excluding carboxylic acids is 3. The summed E-state index contributed by atoms with van der Waals surface area (Å²) in [6, 6.07) is 1.94. The minimum Gasteiger partial charge on any atom is -0.340 e. The number of amides is 3. The summed E-state index contributed by atoms with van der Waals surface area (Å²) in [5.74, 6) is 0.595. The predicted molar refractivity (Wildman–Crippen MR) is 105 cm³/mol. The van der Waals surface area contributed by atoms with Crippen LogP contribution in [0.4, 0.5) is 5.69 Å². The van der Waals surface area contributed by atoms with E-state index < -0.39 is 5.54 Å². The van der Waals surface area contributed by atoms with Crippen LogP contribution in [0.2, 0.25) is 0 Å². The third kappa shape index (κ3) is 3.49. The molecular formula is C20H27N3O3S. The Morgan fingerprint density at radius 1 is 1.26 bits per heavy atom. The van der Waals surface area contributed by atoms with Gasteiger partial charge in [0.15, 0.2) is 0 Å². The van der Waals surface area contributed by atoms with Crippen molar-refractivity contribution in [2.75, 3.05) is 31.1 Å². The van der Waals surface area contributed by atoms with Gasteiger partial charge in [-0.3, -0.25) is 14.4 Å². The van der Waals surface area contributed by atoms with E-state index in [1.54, 1.807) is 21.1 Å². The fourth-order valence-corrected chi connectivity index (χ4v) is 5.60. The highest BCUT2D eigenvalue weighted by molar-refractivity contribution is 7.08. The van der Waals surface area contributed by atoms with Crippen molar-refractivity contribution < 1.29 is 14.4 Å². The van der Waals surface area contributed by atoms with E-state index in [2.05, 4.69) is 0 Å². The highest BCUT2D eigenvalue weighted by Crippen LogP contribution is 2.36. The van der Waals surface area contributed by atoms with Gasteiger partial charge in [0, 0.05) is 31.8 Å². The maximum atomic E-state index is 12.8. The second-order valence-corrected chi connectivity index (χ2v) is 8.99. The molecule has 1 aliphatic carbocycles. The van der Waals surface area contributed by atoms with Crippen LogP contribution in [-0.4, -0.2) is 59.2 Å². The van der Waals surface area contributed by atoms with Crippen molar-refractivity contribution >= 4 is 34.7 Å². The Morgan fingerprint density at radius 2 is 2.04 bits per heavy atom. The van der Waals surface area contributed by atoms with Crippen LogP contribution in [0.15, 0.2) is 16.8 Å². The van der Waals surface area contributed by atoms with Crippen LogP contribution in [0.25, 0.3) is 0 Å². The van der Waals surface area contributed by atoms with Crippen LogP contribution < -0.4 is 4.90 Å². The number of anilines is 1. The van der Waals surface area contributed by atoms with Crippen LogP contribution in [0.3, 0.4) is 0 Å². The van der Waals surface area contributed by atoms with Crippen LogP contribution in [0.1, 0.15) is 45.4 Å². The lowest BCUT2D eigenvalue weighted by Gasteiger charge is -2.47. The summed E-state index contributed by atoms with van der Waals surface area (Å²) in [5.41, 5.74) is 0.427. The van der Waals surface area contributed by atoms with Gasteiger partial charge < -0.3 is 14.7 Å². The molecule has 1 aromatic heterocycles. The molecular weight excluding hydrogens is 362 g/mol. The molecule has 0 radical (unpaired) electrons. The highest BCUT2D eigenvalue weighted by Gasteiger charge is 2.51. The Kier molecular flexibility index (Phi) is 4.97. The van der Waals surface area contributed by atoms with Crippen molar-refractivity contribution in [3.8, 4) is 0 Å². The van der Waals surface area contributed by atoms with Crippen molar-refractivity contribution in [3.05, 3.63) is 16.8 Å². The lowest BCUT2D eigenvalue weighted by molar-refractivity contribution is -0.143. The van der Waals surface area contributed by atoms with Gasteiger partial charge in [-0.25, -0.2) is 0 Å². The summed E-state index contributed by atoms with van der Waals surface area (Å²) in [5, 5.41) is 3.92. The van der Waals surface area contributed by atoms with E-state index in [0.29, 0.717) is 32.0 Å². The second-order valence-electron chi connectivity index (χ2n) is 8.21. The van der Waals surface area contributed by atoms with Gasteiger partial charge >= 0.3 is 0 Å². The van der Waals surface area contributed by atoms with E-state index in [9.17, 15) is 14.4 Å². The number of rotatable bonds is 3. The number of piperazine rings is 1. The largest absolute Gasteiger partial charge is 0.340 e. The molecule has 2 aliphatic heterocycles. The normalized spacial score (nSPS) is 26.4. The zero-order valence-electron chi connectivity index (χ0n) is 15.9. The molecule has 7 heteroatoms. The molecule has 2 saturated heterocycles. The minimum absolute atomic E-state index is 0.0510. The Hall–Kier alpha value is -1.89. The molecule has 3 aliphatic rings. The Balaban J connectivity index is 1.52. The van der Waals surface area contributed by atoms with Gasteiger partial charge in [0.05, 0.1) is 17.8 Å². The Bertz CT molecular complexity index is 729. The fraction of sp³-hybridized carbons (Fsp3) is 0.650. The standard InChI is InChI=1S/C20H27N3O3S/c1-15(24)23-11-19(26)22(17-6-9-27-12-17)14-20(23)7-8-21(13-20)18(25)10-16-4-2-3-5-16/h6,9,12,16H,2-5,7-8,10-11,13-14H2,1H3/t20-/m0/s1. The zero-order valence-corrected chi connectivity index (χ0v) is 16.7. The Labute approximate surface area is 164 Å². The smallest absolute Gasteiger partial charge is 0.246 e. The third-order valence-electron chi connectivity index (χ3n) is 6.44. The highest BCUT2D eigenvalue weighted by atomic mass is 32.1. The maximum absolute atomic E-state index is 12.8. The number of nitrogens with zero attached hydrogens (tertiary/aromatic N) is 3. The van der Waals surface area contributed by atoms with Crippen molar-refractivity contribution in [2.45, 2.75) is 51.0 Å². The van der Waals surface area contributed by atoms with Crippen molar-refractivity contribution in [3.63, 3.8) is 0 Å². The average molecular weight is 390 g/mol. The topological polar surface area (TPSA) is 60.9 Å². The van der Waals surface area contributed by atoms with Gasteiger partial charge in [0.2, 0.25) is 17.7 Å². The van der Waals surface area contributed by atoms with E-state index in [1.165, 1.54) is 19.8 Å². The first-order valence-electron chi connectivity index (χ1n) is 9.87. The molecule has 0 N–H and O–H groups in total. The van der Waals surface area contributed by atoms with Gasteiger partial charge in [-0.15, -0.1) is 0 Å². The summed E-state index contributed by atoms with van der Waals surface area (Å²) < 4.78 is 0. The Morgan fingerprint density at radius 3 is 2.70 bits per heavy atom. The number of hydrogen-bond donors (Lipinski definition) is 0. The summed E-state index contributed by atoms with van der Waals surface area (Å²) in [6.07, 6.45) is 6.14. The quantitative estimate of drug-likeness (QED) is 0.798. The van der Waals surface area contributed by atoms with E-state index in [0.717, 1.165) is 24.9 Å². The van der Waals surface area contributed by atoms with E-state index in [-0.39, 0.29) is 24.3 Å². The van der Waals surface area contributed by atoms with Crippen molar-refractivity contribution in [1.29, 1.82) is 0 Å². The van der Waals surface area contributed by atoms with E-state index in [4.69, 9.17) is 0 Å². The number of carbonyl (C=O) groups is 3. The molecule has 3 amide bonds. The van der Waals surface area contributed by atoms with Gasteiger partial charge in [0.25, 0.3) is 0 Å².